The summed E-state index contributed by atoms with van der Waals surface area (Å²) in [5, 5.41) is 9.98. The van der Waals surface area contributed by atoms with Crippen LogP contribution < -0.4 is 20.9 Å². The fourth-order valence-electron chi connectivity index (χ4n) is 4.59. The van der Waals surface area contributed by atoms with E-state index in [0.29, 0.717) is 38.3 Å². The minimum atomic E-state index is -4.89. The number of nitrogens with one attached hydrogen (secondary N) is 3. The SMILES string of the molecule is CCCCC(=O)NCCc1csc2ccc(NOCCCOc3ccc4cccc(CCNC(=O)C(F)(F)F)c4c3)cc12. The number of rotatable bonds is 16. The Hall–Kier alpha value is -3.83. The van der Waals surface area contributed by atoms with Crippen LogP contribution in [0.3, 0.4) is 0 Å². The molecule has 0 spiro atoms. The first-order chi connectivity index (χ1) is 20.7. The summed E-state index contributed by atoms with van der Waals surface area (Å²) >= 11 is 1.68. The Kier molecular flexibility index (Phi) is 11.6. The van der Waals surface area contributed by atoms with Gasteiger partial charge in [-0.2, -0.15) is 13.2 Å². The van der Waals surface area contributed by atoms with Gasteiger partial charge in [0, 0.05) is 30.6 Å². The first-order valence-electron chi connectivity index (χ1n) is 14.4. The smallest absolute Gasteiger partial charge is 0.471 e. The summed E-state index contributed by atoms with van der Waals surface area (Å²) in [6, 6.07) is 17.3. The van der Waals surface area contributed by atoms with Crippen LogP contribution in [-0.4, -0.2) is 44.3 Å². The van der Waals surface area contributed by atoms with E-state index in [1.54, 1.807) is 11.3 Å². The number of hydrogen-bond donors (Lipinski definition) is 3. The second-order valence-electron chi connectivity index (χ2n) is 10.1. The Morgan fingerprint density at radius 1 is 0.884 bits per heavy atom. The third kappa shape index (κ3) is 9.59. The monoisotopic (exact) mass is 615 g/mol. The van der Waals surface area contributed by atoms with Gasteiger partial charge in [-0.15, -0.1) is 11.3 Å². The molecule has 0 fully saturated rings. The fourth-order valence-corrected chi connectivity index (χ4v) is 5.57. The van der Waals surface area contributed by atoms with Gasteiger partial charge in [-0.05, 0) is 82.3 Å². The van der Waals surface area contributed by atoms with Gasteiger partial charge in [0.2, 0.25) is 5.91 Å². The number of unbranched alkanes of at least 4 members (excludes halogenated alkanes) is 1. The lowest BCUT2D eigenvalue weighted by atomic mass is 10.0. The molecule has 0 atom stereocenters. The van der Waals surface area contributed by atoms with Crippen LogP contribution >= 0.6 is 11.3 Å². The van der Waals surface area contributed by atoms with Gasteiger partial charge in [0.15, 0.2) is 0 Å². The first kappa shape index (κ1) is 32.1. The van der Waals surface area contributed by atoms with E-state index in [9.17, 15) is 22.8 Å². The second-order valence-corrected chi connectivity index (χ2v) is 11.0. The maximum atomic E-state index is 12.5. The van der Waals surface area contributed by atoms with E-state index in [1.807, 2.05) is 47.8 Å². The standard InChI is InChI=1S/C32H36F3N3O4S/c1-2-3-8-30(39)36-15-14-24-21-43-29-12-10-25(19-28(24)29)38-42-18-5-17-41-26-11-9-22-6-4-7-23(27(22)20-26)13-16-37-31(40)32(33,34)35/h4,6-7,9-12,19-21,38H,2-3,5,8,13-18H2,1H3,(H,36,39)(H,37,40). The summed E-state index contributed by atoms with van der Waals surface area (Å²) < 4.78 is 44.4. The quantitative estimate of drug-likeness (QED) is 0.0939. The highest BCUT2D eigenvalue weighted by Crippen LogP contribution is 2.29. The summed E-state index contributed by atoms with van der Waals surface area (Å²) in [6.45, 7) is 3.39. The number of hydrogen-bond acceptors (Lipinski definition) is 6. The predicted octanol–water partition coefficient (Wildman–Crippen LogP) is 6.94. The third-order valence-electron chi connectivity index (χ3n) is 6.86. The Bertz CT molecular complexity index is 1520. The predicted molar refractivity (Wildman–Crippen MR) is 164 cm³/mol. The van der Waals surface area contributed by atoms with E-state index in [2.05, 4.69) is 35.2 Å². The number of carbonyl (C=O) groups is 2. The number of fused-ring (bicyclic) bond motifs is 2. The molecule has 4 aromatic rings. The van der Waals surface area contributed by atoms with E-state index in [-0.39, 0.29) is 18.9 Å². The molecule has 0 unspecified atom stereocenters. The molecule has 4 rings (SSSR count). The van der Waals surface area contributed by atoms with Crippen LogP contribution in [0.1, 0.15) is 43.7 Å². The number of carbonyl (C=O) groups excluding carboxylic acids is 2. The molecular weight excluding hydrogens is 579 g/mol. The number of alkyl halides is 3. The Labute approximate surface area is 252 Å². The highest BCUT2D eigenvalue weighted by atomic mass is 32.1. The normalized spacial score (nSPS) is 11.5. The van der Waals surface area contributed by atoms with Crippen molar-refractivity contribution in [2.24, 2.45) is 0 Å². The van der Waals surface area contributed by atoms with Gasteiger partial charge in [0.25, 0.3) is 0 Å². The van der Waals surface area contributed by atoms with Crippen molar-refractivity contribution in [1.82, 2.24) is 10.6 Å². The number of anilines is 1. The molecule has 3 aromatic carbocycles. The van der Waals surface area contributed by atoms with Crippen LogP contribution in [0.2, 0.25) is 0 Å². The van der Waals surface area contributed by atoms with Crippen LogP contribution in [-0.2, 0) is 27.3 Å². The third-order valence-corrected chi connectivity index (χ3v) is 7.87. The minimum Gasteiger partial charge on any atom is -0.493 e. The zero-order chi connectivity index (χ0) is 30.7. The molecule has 1 heterocycles. The van der Waals surface area contributed by atoms with Gasteiger partial charge < -0.3 is 15.4 Å². The molecule has 0 saturated heterocycles. The molecule has 0 aliphatic rings. The van der Waals surface area contributed by atoms with Crippen LogP contribution in [0, 0.1) is 0 Å². The van der Waals surface area contributed by atoms with Crippen molar-refractivity contribution in [3.05, 3.63) is 71.1 Å². The maximum Gasteiger partial charge on any atom is 0.471 e. The summed E-state index contributed by atoms with van der Waals surface area (Å²) in [5.41, 5.74) is 5.85. The van der Waals surface area contributed by atoms with Gasteiger partial charge in [-0.1, -0.05) is 37.6 Å². The Morgan fingerprint density at radius 2 is 1.70 bits per heavy atom. The molecule has 0 aliphatic heterocycles. The summed E-state index contributed by atoms with van der Waals surface area (Å²) in [6.07, 6.45) is -0.764. The van der Waals surface area contributed by atoms with E-state index >= 15 is 0 Å². The number of thiophene rings is 1. The molecule has 7 nitrogen and oxygen atoms in total. The lowest BCUT2D eigenvalue weighted by molar-refractivity contribution is -0.173. The lowest BCUT2D eigenvalue weighted by Crippen LogP contribution is -2.37. The van der Waals surface area contributed by atoms with Crippen LogP contribution in [0.15, 0.2) is 60.0 Å². The van der Waals surface area contributed by atoms with Gasteiger partial charge in [0.05, 0.1) is 18.9 Å². The molecule has 0 radical (unpaired) electrons. The van der Waals surface area contributed by atoms with Gasteiger partial charge in [-0.25, -0.2) is 0 Å². The van der Waals surface area contributed by atoms with Crippen molar-refractivity contribution in [3.8, 4) is 5.75 Å². The second kappa shape index (κ2) is 15.6. The number of amides is 2. The average Bonchev–Trinajstić information content (AvgIpc) is 3.39. The molecule has 1 aromatic heterocycles. The lowest BCUT2D eigenvalue weighted by Gasteiger charge is -2.12. The molecule has 43 heavy (non-hydrogen) atoms. The highest BCUT2D eigenvalue weighted by Gasteiger charge is 2.38. The topological polar surface area (TPSA) is 88.7 Å². The van der Waals surface area contributed by atoms with E-state index in [4.69, 9.17) is 9.57 Å². The molecule has 0 aliphatic carbocycles. The summed E-state index contributed by atoms with van der Waals surface area (Å²) in [7, 11) is 0. The number of ether oxygens (including phenoxy) is 1. The van der Waals surface area contributed by atoms with Gasteiger partial charge in [-0.3, -0.25) is 19.9 Å². The van der Waals surface area contributed by atoms with Crippen LogP contribution in [0.4, 0.5) is 18.9 Å². The fraction of sp³-hybridized carbons (Fsp3) is 0.375. The van der Waals surface area contributed by atoms with Crippen molar-refractivity contribution >= 4 is 49.7 Å². The summed E-state index contributed by atoms with van der Waals surface area (Å²) in [4.78, 5) is 28.6. The Balaban J connectivity index is 1.21. The zero-order valence-electron chi connectivity index (χ0n) is 24.0. The van der Waals surface area contributed by atoms with E-state index < -0.39 is 12.1 Å². The Morgan fingerprint density at radius 3 is 2.51 bits per heavy atom. The molecule has 0 bridgehead atoms. The van der Waals surface area contributed by atoms with Crippen molar-refractivity contribution < 1.29 is 32.3 Å². The van der Waals surface area contributed by atoms with Crippen molar-refractivity contribution in [1.29, 1.82) is 0 Å². The highest BCUT2D eigenvalue weighted by molar-refractivity contribution is 7.17. The maximum absolute atomic E-state index is 12.5. The van der Waals surface area contributed by atoms with Crippen molar-refractivity contribution in [2.75, 3.05) is 31.8 Å². The van der Waals surface area contributed by atoms with Crippen molar-refractivity contribution in [3.63, 3.8) is 0 Å². The average molecular weight is 616 g/mol. The largest absolute Gasteiger partial charge is 0.493 e. The molecule has 11 heteroatoms. The van der Waals surface area contributed by atoms with Gasteiger partial charge >= 0.3 is 12.1 Å². The van der Waals surface area contributed by atoms with Crippen LogP contribution in [0.25, 0.3) is 20.9 Å². The molecule has 0 saturated carbocycles. The van der Waals surface area contributed by atoms with Crippen molar-refractivity contribution in [2.45, 2.75) is 51.6 Å². The number of halogens is 3. The minimum absolute atomic E-state index is 0.0982. The zero-order valence-corrected chi connectivity index (χ0v) is 24.8. The van der Waals surface area contributed by atoms with E-state index in [0.717, 1.165) is 46.7 Å². The molecule has 2 amide bonds. The summed E-state index contributed by atoms with van der Waals surface area (Å²) in [5.74, 6) is -1.20. The van der Waals surface area contributed by atoms with Crippen LogP contribution in [0.5, 0.6) is 5.75 Å². The molecule has 3 N–H and O–H groups in total. The van der Waals surface area contributed by atoms with E-state index in [1.165, 1.54) is 10.3 Å². The number of benzene rings is 3. The first-order valence-corrected chi connectivity index (χ1v) is 15.3. The molecule has 230 valence electrons. The molecular formula is C32H36F3N3O4S. The van der Waals surface area contributed by atoms with Gasteiger partial charge in [0.1, 0.15) is 5.75 Å².